The molecule has 8 heavy (non-hydrogen) atoms. The monoisotopic (exact) mass is 110 g/mol. The molecule has 0 aromatic heterocycles. The summed E-state index contributed by atoms with van der Waals surface area (Å²) in [5.74, 6) is -0.854. The third-order valence-corrected chi connectivity index (χ3v) is 1.06. The zero-order valence-electron chi connectivity index (χ0n) is 4.29. The molecule has 0 radical (unpaired) electrons. The van der Waals surface area contributed by atoms with Crippen molar-refractivity contribution in [3.05, 3.63) is 24.3 Å². The van der Waals surface area contributed by atoms with Gasteiger partial charge < -0.3 is 5.11 Å². The normalized spacial score (nSPS) is 16.0. The van der Waals surface area contributed by atoms with Crippen molar-refractivity contribution in [3.63, 3.8) is 0 Å². The first-order chi connectivity index (χ1) is 3.72. The van der Waals surface area contributed by atoms with E-state index in [4.69, 9.17) is 5.11 Å². The molecule has 42 valence electrons. The highest BCUT2D eigenvalue weighted by molar-refractivity contribution is 5.88. The van der Waals surface area contributed by atoms with Crippen LogP contribution in [0.5, 0.6) is 0 Å². The van der Waals surface area contributed by atoms with Crippen molar-refractivity contribution < 1.29 is 9.90 Å². The van der Waals surface area contributed by atoms with Crippen LogP contribution in [0.3, 0.4) is 0 Å². The molecule has 0 saturated heterocycles. The van der Waals surface area contributed by atoms with Gasteiger partial charge in [0, 0.05) is 11.5 Å². The Morgan fingerprint density at radius 2 is 2.12 bits per heavy atom. The molecule has 0 amide bonds. The van der Waals surface area contributed by atoms with Crippen LogP contribution in [0.1, 0.15) is 0 Å². The van der Waals surface area contributed by atoms with Gasteiger partial charge >= 0.3 is 5.97 Å². The highest BCUT2D eigenvalue weighted by atomic mass is 16.4. The fraction of sp³-hybridized carbons (Fsp3) is 0.167. The van der Waals surface area contributed by atoms with Gasteiger partial charge in [-0.3, -0.25) is 0 Å². The van der Waals surface area contributed by atoms with E-state index in [1.165, 1.54) is 0 Å². The van der Waals surface area contributed by atoms with Gasteiger partial charge in [0.2, 0.25) is 0 Å². The fourth-order valence-corrected chi connectivity index (χ4v) is 0.430. The smallest absolute Gasteiger partial charge is 0.331 e. The second-order valence-corrected chi connectivity index (χ2v) is 1.74. The molecule has 0 aromatic carbocycles. The Morgan fingerprint density at radius 3 is 2.25 bits per heavy atom. The average Bonchev–Trinajstić information content (AvgIpc) is 2.43. The van der Waals surface area contributed by atoms with E-state index in [1.807, 2.05) is 0 Å². The molecule has 0 fully saturated rings. The van der Waals surface area contributed by atoms with Crippen molar-refractivity contribution in [2.24, 2.45) is 5.92 Å². The number of rotatable bonds is 2. The Morgan fingerprint density at radius 1 is 1.62 bits per heavy atom. The molecule has 0 atom stereocenters. The summed E-state index contributed by atoms with van der Waals surface area (Å²) in [6.45, 7) is 3.35. The van der Waals surface area contributed by atoms with Crippen LogP contribution in [0.2, 0.25) is 0 Å². The van der Waals surface area contributed by atoms with Crippen LogP contribution in [-0.4, -0.2) is 11.1 Å². The molecule has 0 unspecified atom stereocenters. The largest absolute Gasteiger partial charge is 0.478 e. The maximum atomic E-state index is 10.0. The zero-order valence-corrected chi connectivity index (χ0v) is 4.29. The number of hydrogen-bond acceptors (Lipinski definition) is 1. The minimum atomic E-state index is -0.903. The van der Waals surface area contributed by atoms with Crippen molar-refractivity contribution in [2.45, 2.75) is 0 Å². The second kappa shape index (κ2) is 1.47. The van der Waals surface area contributed by atoms with Crippen LogP contribution in [0.25, 0.3) is 0 Å². The maximum absolute atomic E-state index is 10.0. The highest BCUT2D eigenvalue weighted by Gasteiger charge is 2.19. The summed E-state index contributed by atoms with van der Waals surface area (Å²) in [4.78, 5) is 10.0. The summed E-state index contributed by atoms with van der Waals surface area (Å²) in [6, 6.07) is 0. The van der Waals surface area contributed by atoms with Gasteiger partial charge in [0.1, 0.15) is 0 Å². The van der Waals surface area contributed by atoms with Crippen LogP contribution < -0.4 is 0 Å². The number of carboxylic acids is 1. The summed E-state index contributed by atoms with van der Waals surface area (Å²) < 4.78 is 0. The summed E-state index contributed by atoms with van der Waals surface area (Å²) >= 11 is 0. The lowest BCUT2D eigenvalue weighted by molar-refractivity contribution is -0.132. The molecule has 0 saturated carbocycles. The maximum Gasteiger partial charge on any atom is 0.331 e. The predicted octanol–water partition coefficient (Wildman–Crippen LogP) is 0.813. The molecule has 0 heterocycles. The summed E-state index contributed by atoms with van der Waals surface area (Å²) in [6.07, 6.45) is 3.60. The Labute approximate surface area is 47.1 Å². The fourth-order valence-electron chi connectivity index (χ4n) is 0.430. The van der Waals surface area contributed by atoms with Gasteiger partial charge in [-0.2, -0.15) is 0 Å². The lowest BCUT2D eigenvalue weighted by atomic mass is 10.2. The number of hydrogen-bond donors (Lipinski definition) is 1. The first-order valence-electron chi connectivity index (χ1n) is 2.32. The molecule has 0 aliphatic heterocycles. The van der Waals surface area contributed by atoms with Crippen molar-refractivity contribution in [1.82, 2.24) is 0 Å². The Bertz CT molecular complexity index is 161. The molecule has 0 spiro atoms. The first kappa shape index (κ1) is 5.09. The van der Waals surface area contributed by atoms with E-state index in [0.717, 1.165) is 0 Å². The van der Waals surface area contributed by atoms with Crippen molar-refractivity contribution in [1.29, 1.82) is 0 Å². The molecular formula is C6H6O2. The van der Waals surface area contributed by atoms with Crippen molar-refractivity contribution in [2.75, 3.05) is 0 Å². The molecule has 2 nitrogen and oxygen atoms in total. The summed E-state index contributed by atoms with van der Waals surface area (Å²) in [7, 11) is 0. The van der Waals surface area contributed by atoms with E-state index in [-0.39, 0.29) is 11.5 Å². The molecule has 2 heteroatoms. The van der Waals surface area contributed by atoms with Gasteiger partial charge in [-0.1, -0.05) is 18.7 Å². The molecule has 0 bridgehead atoms. The lowest BCUT2D eigenvalue weighted by Gasteiger charge is -1.91. The van der Waals surface area contributed by atoms with Gasteiger partial charge in [-0.05, 0) is 0 Å². The minimum absolute atomic E-state index is 0.0486. The standard InChI is InChI=1S/C6H6O2/c1-4(6(7)8)5-2-3-5/h2-3,5H,1H2,(H,7,8). The molecule has 1 aliphatic carbocycles. The molecular weight excluding hydrogens is 104 g/mol. The third-order valence-electron chi connectivity index (χ3n) is 1.06. The van der Waals surface area contributed by atoms with Crippen LogP contribution >= 0.6 is 0 Å². The summed E-state index contributed by atoms with van der Waals surface area (Å²) in [5.41, 5.74) is 0.269. The van der Waals surface area contributed by atoms with E-state index in [0.29, 0.717) is 0 Å². The quantitative estimate of drug-likeness (QED) is 0.422. The topological polar surface area (TPSA) is 37.3 Å². The van der Waals surface area contributed by atoms with Crippen molar-refractivity contribution >= 4 is 5.97 Å². The van der Waals surface area contributed by atoms with Crippen LogP contribution in [0.4, 0.5) is 0 Å². The van der Waals surface area contributed by atoms with Crippen LogP contribution in [0, 0.1) is 5.92 Å². The zero-order chi connectivity index (χ0) is 6.15. The third kappa shape index (κ3) is 0.780. The number of carboxylic acid groups (broad SMARTS) is 1. The van der Waals surface area contributed by atoms with Gasteiger partial charge in [0.25, 0.3) is 0 Å². The van der Waals surface area contributed by atoms with E-state index in [2.05, 4.69) is 6.58 Å². The molecule has 1 aliphatic rings. The predicted molar refractivity (Wildman–Crippen MR) is 29.4 cm³/mol. The Kier molecular flexibility index (Phi) is 0.938. The van der Waals surface area contributed by atoms with Crippen LogP contribution in [0.15, 0.2) is 24.3 Å². The molecule has 1 N–H and O–H groups in total. The van der Waals surface area contributed by atoms with Gasteiger partial charge in [-0.15, -0.1) is 0 Å². The number of allylic oxidation sites excluding steroid dienone is 2. The molecule has 0 aromatic rings. The van der Waals surface area contributed by atoms with Crippen LogP contribution in [-0.2, 0) is 4.79 Å². The number of aliphatic carboxylic acids is 1. The molecule has 1 rings (SSSR count). The van der Waals surface area contributed by atoms with E-state index in [1.54, 1.807) is 12.2 Å². The highest BCUT2D eigenvalue weighted by Crippen LogP contribution is 2.23. The van der Waals surface area contributed by atoms with Gasteiger partial charge in [0.05, 0.1) is 0 Å². The first-order valence-corrected chi connectivity index (χ1v) is 2.32. The summed E-state index contributed by atoms with van der Waals surface area (Å²) in [5, 5.41) is 8.25. The SMILES string of the molecule is C=C(C(=O)O)C1C=C1. The van der Waals surface area contributed by atoms with E-state index in [9.17, 15) is 4.79 Å². The number of carbonyl (C=O) groups is 1. The lowest BCUT2D eigenvalue weighted by Crippen LogP contribution is -2.00. The Balaban J connectivity index is 2.46. The van der Waals surface area contributed by atoms with Gasteiger partial charge in [0.15, 0.2) is 0 Å². The second-order valence-electron chi connectivity index (χ2n) is 1.74. The average molecular weight is 110 g/mol. The minimum Gasteiger partial charge on any atom is -0.478 e. The Hall–Kier alpha value is -1.05. The van der Waals surface area contributed by atoms with E-state index < -0.39 is 5.97 Å². The van der Waals surface area contributed by atoms with E-state index >= 15 is 0 Å². The van der Waals surface area contributed by atoms with Crippen molar-refractivity contribution in [3.8, 4) is 0 Å². The van der Waals surface area contributed by atoms with Gasteiger partial charge in [-0.25, -0.2) is 4.79 Å².